The minimum Gasteiger partial charge on any atom is -0.380 e. The van der Waals surface area contributed by atoms with E-state index in [-0.39, 0.29) is 12.1 Å². The number of hydrogen-bond donors (Lipinski definition) is 1. The second kappa shape index (κ2) is 3.95. The number of ether oxygens (including phenoxy) is 1. The summed E-state index contributed by atoms with van der Waals surface area (Å²) in [5.74, 6) is 0.978. The maximum absolute atomic E-state index is 6.01. The number of likely N-dealkylation sites (tertiary alicyclic amines) is 1. The Morgan fingerprint density at radius 3 is 2.69 bits per heavy atom. The van der Waals surface area contributed by atoms with Gasteiger partial charge in [0.05, 0.1) is 6.10 Å². The first-order chi connectivity index (χ1) is 6.29. The molecule has 13 heavy (non-hydrogen) atoms. The van der Waals surface area contributed by atoms with Gasteiger partial charge in [-0.05, 0) is 25.2 Å². The van der Waals surface area contributed by atoms with E-state index in [4.69, 9.17) is 10.5 Å². The molecule has 1 aliphatic heterocycles. The van der Waals surface area contributed by atoms with E-state index in [9.17, 15) is 0 Å². The minimum atomic E-state index is 0.220. The van der Waals surface area contributed by atoms with Crippen LogP contribution in [0.15, 0.2) is 0 Å². The van der Waals surface area contributed by atoms with E-state index in [0.29, 0.717) is 0 Å². The van der Waals surface area contributed by atoms with E-state index in [0.717, 1.165) is 18.9 Å². The Balaban J connectivity index is 1.76. The van der Waals surface area contributed by atoms with Crippen LogP contribution in [0.3, 0.4) is 0 Å². The highest BCUT2D eigenvalue weighted by atomic mass is 16.5. The first-order valence-electron chi connectivity index (χ1n) is 5.30. The van der Waals surface area contributed by atoms with Gasteiger partial charge in [0, 0.05) is 32.8 Å². The third kappa shape index (κ3) is 2.42. The molecular formula is C10H20N2O. The van der Waals surface area contributed by atoms with Crippen LogP contribution in [0.2, 0.25) is 0 Å². The van der Waals surface area contributed by atoms with Crippen LogP contribution in [0.4, 0.5) is 0 Å². The van der Waals surface area contributed by atoms with E-state index < -0.39 is 0 Å². The van der Waals surface area contributed by atoms with Crippen LogP contribution in [0.5, 0.6) is 0 Å². The fraction of sp³-hybridized carbons (Fsp3) is 1.00. The van der Waals surface area contributed by atoms with Crippen LogP contribution in [-0.2, 0) is 4.74 Å². The average Bonchev–Trinajstić information content (AvgIpc) is 2.89. The lowest BCUT2D eigenvalue weighted by molar-refractivity contribution is 0.0233. The van der Waals surface area contributed by atoms with Crippen LogP contribution < -0.4 is 5.73 Å². The molecule has 2 unspecified atom stereocenters. The topological polar surface area (TPSA) is 38.5 Å². The number of nitrogens with zero attached hydrogens (tertiary/aromatic N) is 1. The fourth-order valence-corrected chi connectivity index (χ4v) is 2.15. The van der Waals surface area contributed by atoms with Crippen LogP contribution in [0.25, 0.3) is 0 Å². The highest BCUT2D eigenvalue weighted by molar-refractivity contribution is 4.86. The molecule has 0 aromatic rings. The molecule has 2 fully saturated rings. The summed E-state index contributed by atoms with van der Waals surface area (Å²) in [5, 5.41) is 0. The Bertz CT molecular complexity index is 170. The zero-order valence-corrected chi connectivity index (χ0v) is 8.41. The largest absolute Gasteiger partial charge is 0.380 e. The Labute approximate surface area is 80.2 Å². The van der Waals surface area contributed by atoms with Crippen molar-refractivity contribution in [3.63, 3.8) is 0 Å². The monoisotopic (exact) mass is 184 g/mol. The summed E-state index contributed by atoms with van der Waals surface area (Å²) in [6.07, 6.45) is 4.25. The third-order valence-corrected chi connectivity index (χ3v) is 3.19. The quantitative estimate of drug-likeness (QED) is 0.692. The van der Waals surface area contributed by atoms with Crippen molar-refractivity contribution in [3.05, 3.63) is 0 Å². The molecular weight excluding hydrogens is 164 g/mol. The van der Waals surface area contributed by atoms with Gasteiger partial charge in [0.25, 0.3) is 0 Å². The average molecular weight is 184 g/mol. The summed E-state index contributed by atoms with van der Waals surface area (Å²) in [6.45, 7) is 3.46. The second-order valence-corrected chi connectivity index (χ2v) is 4.43. The van der Waals surface area contributed by atoms with E-state index >= 15 is 0 Å². The summed E-state index contributed by atoms with van der Waals surface area (Å²) < 4.78 is 5.32. The molecule has 0 aromatic heterocycles. The van der Waals surface area contributed by atoms with Crippen LogP contribution >= 0.6 is 0 Å². The van der Waals surface area contributed by atoms with Gasteiger partial charge in [0.15, 0.2) is 0 Å². The minimum absolute atomic E-state index is 0.220. The van der Waals surface area contributed by atoms with Gasteiger partial charge >= 0.3 is 0 Å². The van der Waals surface area contributed by atoms with E-state index in [1.165, 1.54) is 25.9 Å². The summed E-state index contributed by atoms with van der Waals surface area (Å²) in [4.78, 5) is 2.50. The van der Waals surface area contributed by atoms with Gasteiger partial charge in [0.2, 0.25) is 0 Å². The summed E-state index contributed by atoms with van der Waals surface area (Å²) in [5.41, 5.74) is 6.01. The smallest absolute Gasteiger partial charge is 0.0746 e. The maximum Gasteiger partial charge on any atom is 0.0746 e. The molecule has 2 N–H and O–H groups in total. The van der Waals surface area contributed by atoms with Gasteiger partial charge in [-0.1, -0.05) is 0 Å². The maximum atomic E-state index is 6.01. The predicted octanol–water partition coefficient (Wildman–Crippen LogP) is 0.444. The standard InChI is InChI=1S/C10H20N2O/c1-13-10-4-5-12(7-9(10)11)6-8-2-3-8/h8-10H,2-7,11H2,1H3. The fourth-order valence-electron chi connectivity index (χ4n) is 2.15. The van der Waals surface area contributed by atoms with Gasteiger partial charge in [-0.15, -0.1) is 0 Å². The normalized spacial score (nSPS) is 36.5. The third-order valence-electron chi connectivity index (χ3n) is 3.19. The molecule has 2 atom stereocenters. The first kappa shape index (κ1) is 9.44. The van der Waals surface area contributed by atoms with E-state index in [2.05, 4.69) is 4.90 Å². The summed E-state index contributed by atoms with van der Waals surface area (Å²) in [6, 6.07) is 0.220. The number of hydrogen-bond acceptors (Lipinski definition) is 3. The molecule has 76 valence electrons. The molecule has 1 heterocycles. The predicted molar refractivity (Wildman–Crippen MR) is 52.6 cm³/mol. The van der Waals surface area contributed by atoms with Gasteiger partial charge < -0.3 is 15.4 Å². The van der Waals surface area contributed by atoms with E-state index in [1.807, 2.05) is 0 Å². The van der Waals surface area contributed by atoms with Gasteiger partial charge in [-0.2, -0.15) is 0 Å². The zero-order valence-electron chi connectivity index (χ0n) is 8.41. The number of piperidine rings is 1. The van der Waals surface area contributed by atoms with Crippen LogP contribution in [-0.4, -0.2) is 43.8 Å². The van der Waals surface area contributed by atoms with Crippen molar-refractivity contribution in [2.24, 2.45) is 11.7 Å². The zero-order chi connectivity index (χ0) is 9.26. The first-order valence-corrected chi connectivity index (χ1v) is 5.30. The Hall–Kier alpha value is -0.120. The highest BCUT2D eigenvalue weighted by Gasteiger charge is 2.30. The van der Waals surface area contributed by atoms with Gasteiger partial charge in [-0.3, -0.25) is 0 Å². The van der Waals surface area contributed by atoms with Crippen LogP contribution in [0, 0.1) is 5.92 Å². The molecule has 0 spiro atoms. The lowest BCUT2D eigenvalue weighted by Gasteiger charge is -2.35. The molecule has 1 aliphatic carbocycles. The lowest BCUT2D eigenvalue weighted by Crippen LogP contribution is -2.52. The number of nitrogens with two attached hydrogens (primary N) is 1. The molecule has 0 amide bonds. The van der Waals surface area contributed by atoms with Crippen LogP contribution in [0.1, 0.15) is 19.3 Å². The molecule has 1 saturated carbocycles. The van der Waals surface area contributed by atoms with Crippen molar-refractivity contribution in [2.75, 3.05) is 26.7 Å². The van der Waals surface area contributed by atoms with Crippen molar-refractivity contribution in [1.29, 1.82) is 0 Å². The Morgan fingerprint density at radius 1 is 1.38 bits per heavy atom. The summed E-state index contributed by atoms with van der Waals surface area (Å²) >= 11 is 0. The Kier molecular flexibility index (Phi) is 2.86. The number of methoxy groups -OCH3 is 1. The summed E-state index contributed by atoms with van der Waals surface area (Å²) in [7, 11) is 1.76. The molecule has 0 radical (unpaired) electrons. The molecule has 2 rings (SSSR count). The van der Waals surface area contributed by atoms with Gasteiger partial charge in [0.1, 0.15) is 0 Å². The lowest BCUT2D eigenvalue weighted by atomic mass is 10.0. The van der Waals surface area contributed by atoms with Crippen molar-refractivity contribution in [3.8, 4) is 0 Å². The van der Waals surface area contributed by atoms with Crippen molar-refractivity contribution < 1.29 is 4.74 Å². The number of rotatable bonds is 3. The SMILES string of the molecule is COC1CCN(CC2CC2)CC1N. The highest BCUT2D eigenvalue weighted by Crippen LogP contribution is 2.30. The van der Waals surface area contributed by atoms with Crippen molar-refractivity contribution >= 4 is 0 Å². The van der Waals surface area contributed by atoms with Crippen molar-refractivity contribution in [2.45, 2.75) is 31.4 Å². The van der Waals surface area contributed by atoms with Crippen molar-refractivity contribution in [1.82, 2.24) is 4.90 Å². The molecule has 1 saturated heterocycles. The van der Waals surface area contributed by atoms with Gasteiger partial charge in [-0.25, -0.2) is 0 Å². The Morgan fingerprint density at radius 2 is 2.15 bits per heavy atom. The molecule has 0 bridgehead atoms. The molecule has 3 heteroatoms. The second-order valence-electron chi connectivity index (χ2n) is 4.43. The molecule has 0 aromatic carbocycles. The molecule has 3 nitrogen and oxygen atoms in total. The van der Waals surface area contributed by atoms with E-state index in [1.54, 1.807) is 7.11 Å². The molecule has 2 aliphatic rings.